The van der Waals surface area contributed by atoms with E-state index in [9.17, 15) is 9.90 Å². The van der Waals surface area contributed by atoms with Crippen molar-refractivity contribution >= 4 is 21.8 Å². The van der Waals surface area contributed by atoms with Gasteiger partial charge in [0.15, 0.2) is 0 Å². The third-order valence-corrected chi connectivity index (χ3v) is 4.35. The van der Waals surface area contributed by atoms with Gasteiger partial charge in [-0.05, 0) is 32.4 Å². The number of nitrogens with zero attached hydrogens (tertiary/aromatic N) is 1. The van der Waals surface area contributed by atoms with Crippen molar-refractivity contribution in [2.45, 2.75) is 20.3 Å². The zero-order valence-corrected chi connectivity index (χ0v) is 14.4. The number of hydrogen-bond donors (Lipinski definition) is 1. The van der Waals surface area contributed by atoms with Crippen LogP contribution in [0.1, 0.15) is 19.4 Å². The lowest BCUT2D eigenvalue weighted by atomic mass is 10.0. The Morgan fingerprint density at radius 3 is 2.67 bits per heavy atom. The largest absolute Gasteiger partial charge is 0.507 e. The Hall–Kier alpha value is -2.75. The third-order valence-electron chi connectivity index (χ3n) is 4.35. The molecule has 1 aromatic heterocycles. The maximum atomic E-state index is 12.9. The average Bonchev–Trinajstić information content (AvgIpc) is 2.57. The Morgan fingerprint density at radius 1 is 1.29 bits per heavy atom. The summed E-state index contributed by atoms with van der Waals surface area (Å²) in [4.78, 5) is 12.9. The Bertz CT molecular complexity index is 1020. The molecule has 0 aliphatic carbocycles. The van der Waals surface area contributed by atoms with Crippen LogP contribution in [0.2, 0.25) is 0 Å². The molecule has 0 saturated heterocycles. The van der Waals surface area contributed by atoms with Gasteiger partial charge in [0.25, 0.3) is 0 Å². The van der Waals surface area contributed by atoms with Gasteiger partial charge in [-0.15, -0.1) is 0 Å². The number of allylic oxidation sites excluding steroid dienone is 2. The highest BCUT2D eigenvalue weighted by atomic mass is 16.5. The van der Waals surface area contributed by atoms with E-state index in [1.54, 1.807) is 13.2 Å². The normalized spacial score (nSPS) is 11.0. The van der Waals surface area contributed by atoms with Gasteiger partial charge in [-0.2, -0.15) is 0 Å². The highest BCUT2D eigenvalue weighted by Gasteiger charge is 2.18. The first-order valence-corrected chi connectivity index (χ1v) is 7.89. The third kappa shape index (κ3) is 2.44. The van der Waals surface area contributed by atoms with Crippen molar-refractivity contribution in [3.63, 3.8) is 0 Å². The average molecular weight is 323 g/mol. The van der Waals surface area contributed by atoms with Gasteiger partial charge in [-0.25, -0.2) is 0 Å². The first kappa shape index (κ1) is 16.1. The van der Waals surface area contributed by atoms with Crippen molar-refractivity contribution < 1.29 is 9.84 Å². The van der Waals surface area contributed by atoms with E-state index in [2.05, 4.69) is 6.08 Å². The van der Waals surface area contributed by atoms with Crippen molar-refractivity contribution in [1.29, 1.82) is 0 Å². The molecule has 0 atom stereocenters. The second-order valence-electron chi connectivity index (χ2n) is 6.19. The summed E-state index contributed by atoms with van der Waals surface area (Å²) in [7, 11) is 3.49. The zero-order chi connectivity index (χ0) is 17.4. The molecule has 3 aromatic rings. The van der Waals surface area contributed by atoms with Gasteiger partial charge in [0.2, 0.25) is 5.43 Å². The van der Waals surface area contributed by atoms with E-state index in [1.807, 2.05) is 43.7 Å². The molecule has 2 aromatic carbocycles. The van der Waals surface area contributed by atoms with Gasteiger partial charge >= 0.3 is 0 Å². The number of aromatic hydroxyl groups is 1. The van der Waals surface area contributed by atoms with Gasteiger partial charge in [0.1, 0.15) is 11.5 Å². The first-order valence-electron chi connectivity index (χ1n) is 7.89. The number of methoxy groups -OCH3 is 1. The van der Waals surface area contributed by atoms with Crippen LogP contribution in [-0.4, -0.2) is 16.8 Å². The van der Waals surface area contributed by atoms with E-state index in [1.165, 1.54) is 11.6 Å². The van der Waals surface area contributed by atoms with Gasteiger partial charge < -0.3 is 14.4 Å². The number of pyridine rings is 1. The molecule has 0 aliphatic heterocycles. The molecule has 4 heteroatoms. The number of aryl methyl sites for hydroxylation is 1. The molecule has 0 bridgehead atoms. The molecule has 0 saturated carbocycles. The van der Waals surface area contributed by atoms with Crippen LogP contribution in [0.3, 0.4) is 0 Å². The van der Waals surface area contributed by atoms with Crippen molar-refractivity contribution in [3.05, 3.63) is 57.8 Å². The van der Waals surface area contributed by atoms with E-state index in [0.717, 1.165) is 11.1 Å². The Morgan fingerprint density at radius 2 is 2.00 bits per heavy atom. The highest BCUT2D eigenvalue weighted by Crippen LogP contribution is 2.35. The van der Waals surface area contributed by atoms with Crippen LogP contribution in [-0.2, 0) is 13.5 Å². The zero-order valence-electron chi connectivity index (χ0n) is 14.4. The van der Waals surface area contributed by atoms with Gasteiger partial charge in [0, 0.05) is 24.1 Å². The number of rotatable bonds is 3. The Labute approximate surface area is 140 Å². The molecule has 1 heterocycles. The number of hydrogen-bond acceptors (Lipinski definition) is 3. The van der Waals surface area contributed by atoms with E-state index in [4.69, 9.17) is 4.74 Å². The molecule has 1 N–H and O–H groups in total. The van der Waals surface area contributed by atoms with Crippen LogP contribution in [0, 0.1) is 0 Å². The Balaban J connectivity index is 2.55. The maximum absolute atomic E-state index is 12.9. The fourth-order valence-corrected chi connectivity index (χ4v) is 3.17. The summed E-state index contributed by atoms with van der Waals surface area (Å²) in [6.45, 7) is 4.06. The van der Waals surface area contributed by atoms with Crippen LogP contribution in [0.5, 0.6) is 11.5 Å². The number of fused-ring (bicyclic) bond motifs is 2. The lowest BCUT2D eigenvalue weighted by Gasteiger charge is -2.17. The predicted molar refractivity (Wildman–Crippen MR) is 98.0 cm³/mol. The SMILES string of the molecule is COc1cc(O)c2c(=O)c3ccccc3n(C)c2c1CC=C(C)C. The minimum atomic E-state index is -0.155. The molecule has 0 spiro atoms. The summed E-state index contributed by atoms with van der Waals surface area (Å²) in [6, 6.07) is 8.98. The second kappa shape index (κ2) is 6.04. The fraction of sp³-hybridized carbons (Fsp3) is 0.250. The van der Waals surface area contributed by atoms with Gasteiger partial charge in [-0.1, -0.05) is 23.8 Å². The maximum Gasteiger partial charge on any atom is 0.200 e. The quantitative estimate of drug-likeness (QED) is 0.587. The van der Waals surface area contributed by atoms with Crippen LogP contribution in [0.25, 0.3) is 21.8 Å². The van der Waals surface area contributed by atoms with Crippen molar-refractivity contribution in [2.24, 2.45) is 7.05 Å². The van der Waals surface area contributed by atoms with Gasteiger partial charge in [0.05, 0.1) is 23.5 Å². The molecule has 124 valence electrons. The van der Waals surface area contributed by atoms with Gasteiger partial charge in [-0.3, -0.25) is 4.79 Å². The summed E-state index contributed by atoms with van der Waals surface area (Å²) >= 11 is 0. The number of aromatic nitrogens is 1. The molecule has 0 fully saturated rings. The predicted octanol–water partition coefficient (Wildman–Crippen LogP) is 3.91. The molecule has 0 unspecified atom stereocenters. The van der Waals surface area contributed by atoms with E-state index in [0.29, 0.717) is 28.5 Å². The minimum absolute atomic E-state index is 0.0471. The number of ether oxygens (including phenoxy) is 1. The lowest BCUT2D eigenvalue weighted by Crippen LogP contribution is -2.11. The van der Waals surface area contributed by atoms with Crippen LogP contribution >= 0.6 is 0 Å². The molecule has 0 aliphatic rings. The summed E-state index contributed by atoms with van der Waals surface area (Å²) in [6.07, 6.45) is 2.72. The van der Waals surface area contributed by atoms with E-state index < -0.39 is 0 Å². The number of para-hydroxylation sites is 1. The monoisotopic (exact) mass is 323 g/mol. The topological polar surface area (TPSA) is 51.5 Å². The number of phenolic OH excluding ortho intramolecular Hbond substituents is 1. The molecule has 4 nitrogen and oxygen atoms in total. The standard InChI is InChI=1S/C20H21NO3/c1-12(2)9-10-14-17(24-4)11-16(22)18-19(14)21(3)15-8-6-5-7-13(15)20(18)23/h5-9,11,22H,10H2,1-4H3. The molecular formula is C20H21NO3. The lowest BCUT2D eigenvalue weighted by molar-refractivity contribution is 0.405. The summed E-state index contributed by atoms with van der Waals surface area (Å²) in [5.74, 6) is 0.539. The molecule has 3 rings (SSSR count). The highest BCUT2D eigenvalue weighted by molar-refractivity contribution is 5.99. The van der Waals surface area contributed by atoms with E-state index >= 15 is 0 Å². The molecule has 0 amide bonds. The molecular weight excluding hydrogens is 302 g/mol. The summed E-state index contributed by atoms with van der Waals surface area (Å²) < 4.78 is 7.43. The molecule has 24 heavy (non-hydrogen) atoms. The van der Waals surface area contributed by atoms with Crippen molar-refractivity contribution in [3.8, 4) is 11.5 Å². The van der Waals surface area contributed by atoms with Crippen LogP contribution < -0.4 is 10.2 Å². The fourth-order valence-electron chi connectivity index (χ4n) is 3.17. The number of phenols is 1. The summed E-state index contributed by atoms with van der Waals surface area (Å²) in [5, 5.41) is 11.4. The van der Waals surface area contributed by atoms with Crippen molar-refractivity contribution in [1.82, 2.24) is 4.57 Å². The summed E-state index contributed by atoms with van der Waals surface area (Å²) in [5.41, 5.74) is 3.48. The minimum Gasteiger partial charge on any atom is -0.507 e. The number of benzene rings is 2. The van der Waals surface area contributed by atoms with Crippen LogP contribution in [0.4, 0.5) is 0 Å². The second-order valence-corrected chi connectivity index (χ2v) is 6.19. The first-order chi connectivity index (χ1) is 11.5. The smallest absolute Gasteiger partial charge is 0.200 e. The van der Waals surface area contributed by atoms with Crippen LogP contribution in [0.15, 0.2) is 46.8 Å². The van der Waals surface area contributed by atoms with E-state index in [-0.39, 0.29) is 11.2 Å². The molecule has 0 radical (unpaired) electrons. The Kier molecular flexibility index (Phi) is 4.06. The van der Waals surface area contributed by atoms with Crippen molar-refractivity contribution in [2.75, 3.05) is 7.11 Å².